The first-order chi connectivity index (χ1) is 15.2. The Morgan fingerprint density at radius 3 is 2.32 bits per heavy atom. The predicted molar refractivity (Wildman–Crippen MR) is 131 cm³/mol. The van der Waals surface area contributed by atoms with Gasteiger partial charge in [0.1, 0.15) is 0 Å². The number of hydrogen-bond donors (Lipinski definition) is 1. The van der Waals surface area contributed by atoms with Crippen LogP contribution in [0.3, 0.4) is 0 Å². The Balaban J connectivity index is 1.12. The van der Waals surface area contributed by atoms with Gasteiger partial charge in [-0.15, -0.1) is 0 Å². The summed E-state index contributed by atoms with van der Waals surface area (Å²) in [6, 6.07) is 18.8. The van der Waals surface area contributed by atoms with Crippen molar-refractivity contribution in [2.24, 2.45) is 0 Å². The summed E-state index contributed by atoms with van der Waals surface area (Å²) < 4.78 is 0. The molecule has 1 fully saturated rings. The minimum absolute atomic E-state index is 0.0172. The number of nitrogens with zero attached hydrogens (tertiary/aromatic N) is 2. The van der Waals surface area contributed by atoms with Gasteiger partial charge in [0.05, 0.1) is 0 Å². The van der Waals surface area contributed by atoms with E-state index >= 15 is 0 Å². The van der Waals surface area contributed by atoms with Gasteiger partial charge in [0.25, 0.3) is 5.91 Å². The lowest BCUT2D eigenvalue weighted by atomic mass is 10.1. The summed E-state index contributed by atoms with van der Waals surface area (Å²) in [5.74, 6) is 0.0172. The van der Waals surface area contributed by atoms with E-state index in [2.05, 4.69) is 63.1 Å². The van der Waals surface area contributed by atoms with Gasteiger partial charge >= 0.3 is 0 Å². The first-order valence-electron chi connectivity index (χ1n) is 11.1. The Labute approximate surface area is 189 Å². The quantitative estimate of drug-likeness (QED) is 0.505. The van der Waals surface area contributed by atoms with Gasteiger partial charge in [-0.1, -0.05) is 29.8 Å². The van der Waals surface area contributed by atoms with Crippen molar-refractivity contribution in [1.82, 2.24) is 10.2 Å². The number of unbranched alkanes of at least 4 members (excludes halogenated alkanes) is 1. The van der Waals surface area contributed by atoms with Crippen LogP contribution in [0.4, 0.5) is 5.69 Å². The second-order valence-electron chi connectivity index (χ2n) is 8.22. The molecule has 31 heavy (non-hydrogen) atoms. The highest BCUT2D eigenvalue weighted by molar-refractivity contribution is 7.08. The highest BCUT2D eigenvalue weighted by Gasteiger charge is 2.16. The van der Waals surface area contributed by atoms with Gasteiger partial charge < -0.3 is 10.2 Å². The van der Waals surface area contributed by atoms with Crippen molar-refractivity contribution < 1.29 is 4.79 Å². The Kier molecular flexibility index (Phi) is 7.39. The topological polar surface area (TPSA) is 35.6 Å². The van der Waals surface area contributed by atoms with Crippen LogP contribution < -0.4 is 10.2 Å². The molecule has 1 aromatic heterocycles. The molecular formula is C26H31N3OS. The maximum absolute atomic E-state index is 12.4. The van der Waals surface area contributed by atoms with Crippen LogP contribution in [-0.4, -0.2) is 50.1 Å². The molecular weight excluding hydrogens is 402 g/mol. The largest absolute Gasteiger partial charge is 0.369 e. The van der Waals surface area contributed by atoms with Crippen LogP contribution in [0.5, 0.6) is 0 Å². The molecule has 1 amide bonds. The fourth-order valence-corrected chi connectivity index (χ4v) is 4.66. The molecule has 0 radical (unpaired) electrons. The van der Waals surface area contributed by atoms with Crippen LogP contribution in [-0.2, 0) is 0 Å². The monoisotopic (exact) mass is 433 g/mol. The molecule has 0 unspecified atom stereocenters. The molecule has 3 aromatic rings. The van der Waals surface area contributed by atoms with Crippen molar-refractivity contribution in [3.05, 3.63) is 76.5 Å². The number of benzene rings is 2. The van der Waals surface area contributed by atoms with Crippen LogP contribution in [0.15, 0.2) is 65.4 Å². The fourth-order valence-electron chi connectivity index (χ4n) is 3.99. The van der Waals surface area contributed by atoms with Crippen LogP contribution in [0.1, 0.15) is 28.8 Å². The summed E-state index contributed by atoms with van der Waals surface area (Å²) in [6.45, 7) is 8.35. The Hall–Kier alpha value is -2.63. The molecule has 2 aromatic carbocycles. The summed E-state index contributed by atoms with van der Waals surface area (Å²) in [6.07, 6.45) is 2.12. The van der Waals surface area contributed by atoms with E-state index < -0.39 is 0 Å². The predicted octanol–water partition coefficient (Wildman–Crippen LogP) is 5.06. The number of amides is 1. The molecule has 0 bridgehead atoms. The van der Waals surface area contributed by atoms with Crippen LogP contribution in [0.2, 0.25) is 0 Å². The number of rotatable bonds is 8. The highest BCUT2D eigenvalue weighted by atomic mass is 32.1. The van der Waals surface area contributed by atoms with Gasteiger partial charge in [-0.3, -0.25) is 9.69 Å². The highest BCUT2D eigenvalue weighted by Crippen LogP contribution is 2.22. The molecule has 0 aliphatic carbocycles. The van der Waals surface area contributed by atoms with E-state index in [1.807, 2.05) is 24.3 Å². The number of piperazine rings is 1. The number of nitrogens with one attached hydrogen (secondary N) is 1. The third-order valence-electron chi connectivity index (χ3n) is 5.96. The molecule has 0 spiro atoms. The van der Waals surface area contributed by atoms with Crippen molar-refractivity contribution in [1.29, 1.82) is 0 Å². The van der Waals surface area contributed by atoms with E-state index in [0.717, 1.165) is 63.2 Å². The summed E-state index contributed by atoms with van der Waals surface area (Å²) in [7, 11) is 0. The van der Waals surface area contributed by atoms with Crippen LogP contribution in [0.25, 0.3) is 11.1 Å². The molecule has 5 heteroatoms. The summed E-state index contributed by atoms with van der Waals surface area (Å²) in [5.41, 5.74) is 5.73. The molecule has 2 heterocycles. The Morgan fingerprint density at radius 1 is 0.903 bits per heavy atom. The molecule has 1 aliphatic heterocycles. The Bertz CT molecular complexity index is 943. The maximum Gasteiger partial charge on any atom is 0.251 e. The average molecular weight is 434 g/mol. The maximum atomic E-state index is 12.4. The zero-order chi connectivity index (χ0) is 21.5. The number of thiophene rings is 1. The number of carbonyl (C=O) groups is 1. The fraction of sp³-hybridized carbons (Fsp3) is 0.346. The lowest BCUT2D eigenvalue weighted by Gasteiger charge is -2.36. The molecule has 4 rings (SSSR count). The second kappa shape index (κ2) is 10.6. The van der Waals surface area contributed by atoms with Crippen LogP contribution in [0, 0.1) is 6.92 Å². The van der Waals surface area contributed by atoms with E-state index in [1.54, 1.807) is 11.3 Å². The van der Waals surface area contributed by atoms with Gasteiger partial charge in [-0.2, -0.15) is 11.3 Å². The van der Waals surface area contributed by atoms with E-state index in [-0.39, 0.29) is 5.91 Å². The van der Waals surface area contributed by atoms with Crippen LogP contribution >= 0.6 is 11.3 Å². The standard InChI is InChI=1S/C26H31N3OS/c1-21-4-10-25(11-5-21)29-17-15-28(16-18-29)14-3-2-13-27-26(30)23-8-6-22(7-9-23)24-12-19-31-20-24/h4-12,19-20H,2-3,13-18H2,1H3,(H,27,30). The summed E-state index contributed by atoms with van der Waals surface area (Å²) in [4.78, 5) is 17.4. The number of anilines is 1. The first-order valence-corrected chi connectivity index (χ1v) is 12.1. The second-order valence-corrected chi connectivity index (χ2v) is 9.00. The summed E-state index contributed by atoms with van der Waals surface area (Å²) in [5, 5.41) is 7.25. The smallest absolute Gasteiger partial charge is 0.251 e. The lowest BCUT2D eigenvalue weighted by Crippen LogP contribution is -2.46. The van der Waals surface area contributed by atoms with Gasteiger partial charge in [-0.05, 0) is 78.5 Å². The molecule has 1 aliphatic rings. The van der Waals surface area contributed by atoms with Gasteiger partial charge in [0, 0.05) is 44.0 Å². The molecule has 162 valence electrons. The SMILES string of the molecule is Cc1ccc(N2CCN(CCCCNC(=O)c3ccc(-c4ccsc4)cc3)CC2)cc1. The molecule has 1 saturated heterocycles. The third-order valence-corrected chi connectivity index (χ3v) is 6.64. The van der Waals surface area contributed by atoms with Crippen molar-refractivity contribution >= 4 is 22.9 Å². The zero-order valence-corrected chi connectivity index (χ0v) is 19.0. The number of hydrogen-bond acceptors (Lipinski definition) is 4. The van der Waals surface area contributed by atoms with Crippen molar-refractivity contribution in [3.8, 4) is 11.1 Å². The normalized spacial score (nSPS) is 14.5. The summed E-state index contributed by atoms with van der Waals surface area (Å²) >= 11 is 1.69. The Morgan fingerprint density at radius 2 is 1.65 bits per heavy atom. The average Bonchev–Trinajstić information content (AvgIpc) is 3.35. The molecule has 0 saturated carbocycles. The van der Waals surface area contributed by atoms with Gasteiger partial charge in [0.15, 0.2) is 0 Å². The van der Waals surface area contributed by atoms with Crippen molar-refractivity contribution in [2.75, 3.05) is 44.2 Å². The van der Waals surface area contributed by atoms with E-state index in [0.29, 0.717) is 0 Å². The van der Waals surface area contributed by atoms with Crippen molar-refractivity contribution in [2.45, 2.75) is 19.8 Å². The minimum atomic E-state index is 0.0172. The van der Waals surface area contributed by atoms with E-state index in [4.69, 9.17) is 0 Å². The van der Waals surface area contributed by atoms with E-state index in [9.17, 15) is 4.79 Å². The molecule has 0 atom stereocenters. The zero-order valence-electron chi connectivity index (χ0n) is 18.2. The van der Waals surface area contributed by atoms with Gasteiger partial charge in [0.2, 0.25) is 0 Å². The number of carbonyl (C=O) groups excluding carboxylic acids is 1. The molecule has 4 nitrogen and oxygen atoms in total. The molecule has 1 N–H and O–H groups in total. The van der Waals surface area contributed by atoms with Gasteiger partial charge in [-0.25, -0.2) is 0 Å². The first kappa shape index (κ1) is 21.6. The minimum Gasteiger partial charge on any atom is -0.369 e. The van der Waals surface area contributed by atoms with E-state index in [1.165, 1.54) is 16.8 Å². The van der Waals surface area contributed by atoms with Crippen molar-refractivity contribution in [3.63, 3.8) is 0 Å². The lowest BCUT2D eigenvalue weighted by molar-refractivity contribution is 0.0952. The third kappa shape index (κ3) is 5.96. The number of aryl methyl sites for hydroxylation is 1.